The van der Waals surface area contributed by atoms with Gasteiger partial charge in [0.05, 0.1) is 16.9 Å². The number of aryl methyl sites for hydroxylation is 1. The molecular formula is C21H23NO4S. The normalized spacial score (nSPS) is 20.7. The zero-order valence-electron chi connectivity index (χ0n) is 15.5. The number of hydrogen-bond acceptors (Lipinski definition) is 6. The predicted octanol–water partition coefficient (Wildman–Crippen LogP) is 3.29. The molecule has 1 N–H and O–H groups in total. The predicted molar refractivity (Wildman–Crippen MR) is 105 cm³/mol. The molecule has 0 bridgehead atoms. The molecule has 0 amide bonds. The summed E-state index contributed by atoms with van der Waals surface area (Å²) in [4.78, 5) is 27.8. The average Bonchev–Trinajstić information content (AvgIpc) is 2.92. The van der Waals surface area contributed by atoms with Crippen molar-refractivity contribution in [1.29, 1.82) is 0 Å². The van der Waals surface area contributed by atoms with Crippen LogP contribution in [-0.2, 0) is 22.4 Å². The van der Waals surface area contributed by atoms with Crippen molar-refractivity contribution in [2.75, 3.05) is 6.61 Å². The first kappa shape index (κ1) is 19.6. The molecule has 0 aliphatic carbocycles. The van der Waals surface area contributed by atoms with Crippen molar-refractivity contribution >= 4 is 22.7 Å². The van der Waals surface area contributed by atoms with Crippen molar-refractivity contribution < 1.29 is 19.4 Å². The Labute approximate surface area is 163 Å². The summed E-state index contributed by atoms with van der Waals surface area (Å²) in [6.45, 7) is 3.99. The minimum absolute atomic E-state index is 0.0115. The highest BCUT2D eigenvalue weighted by Gasteiger charge is 2.43. The van der Waals surface area contributed by atoms with Gasteiger partial charge in [0.2, 0.25) is 0 Å². The van der Waals surface area contributed by atoms with E-state index >= 15 is 0 Å². The Balaban J connectivity index is 1.56. The highest BCUT2D eigenvalue weighted by Crippen LogP contribution is 2.38. The molecule has 1 aromatic heterocycles. The van der Waals surface area contributed by atoms with E-state index in [2.05, 4.69) is 11.9 Å². The van der Waals surface area contributed by atoms with Gasteiger partial charge in [-0.2, -0.15) is 0 Å². The first-order valence-electron chi connectivity index (χ1n) is 8.99. The highest BCUT2D eigenvalue weighted by atomic mass is 32.2. The van der Waals surface area contributed by atoms with Gasteiger partial charge in [-0.3, -0.25) is 14.6 Å². The fourth-order valence-corrected chi connectivity index (χ4v) is 4.12. The Hall–Kier alpha value is -2.18. The number of ether oxygens (including phenoxy) is 1. The van der Waals surface area contributed by atoms with E-state index in [0.717, 1.165) is 29.3 Å². The van der Waals surface area contributed by atoms with Gasteiger partial charge in [0.1, 0.15) is 18.5 Å². The first-order valence-corrected chi connectivity index (χ1v) is 9.81. The van der Waals surface area contributed by atoms with Gasteiger partial charge >= 0.3 is 0 Å². The van der Waals surface area contributed by atoms with Crippen LogP contribution in [0.2, 0.25) is 0 Å². The van der Waals surface area contributed by atoms with Crippen molar-refractivity contribution in [3.63, 3.8) is 0 Å². The Morgan fingerprint density at radius 1 is 1.19 bits per heavy atom. The van der Waals surface area contributed by atoms with Gasteiger partial charge in [-0.05, 0) is 49.1 Å². The number of Topliss-reactive ketones (excluding diaryl/α,β-unsaturated/α-hetero) is 1. The SMILES string of the molecule is CCc1ccc([C@H](O)COc2ccc(CC3(C)SC(=O)CC3=O)cc2)nc1. The summed E-state index contributed by atoms with van der Waals surface area (Å²) in [6.07, 6.45) is 2.41. The van der Waals surface area contributed by atoms with Crippen LogP contribution in [0.4, 0.5) is 0 Å². The van der Waals surface area contributed by atoms with E-state index in [4.69, 9.17) is 4.74 Å². The van der Waals surface area contributed by atoms with E-state index in [1.54, 1.807) is 6.20 Å². The van der Waals surface area contributed by atoms with E-state index in [0.29, 0.717) is 17.9 Å². The van der Waals surface area contributed by atoms with Crippen molar-refractivity contribution in [2.45, 2.75) is 44.0 Å². The summed E-state index contributed by atoms with van der Waals surface area (Å²) in [5.41, 5.74) is 2.67. The molecule has 2 aromatic rings. The number of rotatable bonds is 7. The summed E-state index contributed by atoms with van der Waals surface area (Å²) in [6, 6.07) is 11.2. The highest BCUT2D eigenvalue weighted by molar-refractivity contribution is 8.16. The van der Waals surface area contributed by atoms with Crippen LogP contribution >= 0.6 is 11.8 Å². The van der Waals surface area contributed by atoms with Crippen molar-refractivity contribution in [1.82, 2.24) is 4.98 Å². The number of thioether (sulfide) groups is 1. The number of benzene rings is 1. The molecule has 142 valence electrons. The number of ketones is 1. The van der Waals surface area contributed by atoms with Gasteiger partial charge in [-0.15, -0.1) is 0 Å². The zero-order chi connectivity index (χ0) is 19.4. The Morgan fingerprint density at radius 3 is 2.44 bits per heavy atom. The van der Waals surface area contributed by atoms with E-state index < -0.39 is 10.9 Å². The van der Waals surface area contributed by atoms with Crippen LogP contribution in [0.5, 0.6) is 5.75 Å². The summed E-state index contributed by atoms with van der Waals surface area (Å²) in [7, 11) is 0. The van der Waals surface area contributed by atoms with Crippen LogP contribution in [0, 0.1) is 0 Å². The third kappa shape index (κ3) is 4.76. The summed E-state index contributed by atoms with van der Waals surface area (Å²) >= 11 is 1.13. The first-order chi connectivity index (χ1) is 12.9. The van der Waals surface area contributed by atoms with Gasteiger partial charge in [0, 0.05) is 6.20 Å². The van der Waals surface area contributed by atoms with Crippen LogP contribution in [0.15, 0.2) is 42.6 Å². The van der Waals surface area contributed by atoms with E-state index in [9.17, 15) is 14.7 Å². The zero-order valence-corrected chi connectivity index (χ0v) is 16.3. The lowest BCUT2D eigenvalue weighted by atomic mass is 9.95. The number of pyridine rings is 1. The number of aliphatic hydroxyl groups excluding tert-OH is 1. The standard InChI is InChI=1S/C21H23NO4S/c1-3-14-6-9-17(22-12-14)18(23)13-26-16-7-4-15(5-8-16)11-21(2)19(24)10-20(25)27-21/h4-9,12,18,23H,3,10-11,13H2,1-2H3/t18-,21?/m1/s1. The molecule has 0 saturated carbocycles. The molecule has 1 unspecified atom stereocenters. The second kappa shape index (κ2) is 8.23. The fraction of sp³-hybridized carbons (Fsp3) is 0.381. The number of nitrogens with zero attached hydrogens (tertiary/aromatic N) is 1. The minimum atomic E-state index is -0.798. The quantitative estimate of drug-likeness (QED) is 0.737. The molecule has 6 heteroatoms. The summed E-state index contributed by atoms with van der Waals surface area (Å²) in [5.74, 6) is 0.622. The average molecular weight is 385 g/mol. The lowest BCUT2D eigenvalue weighted by Gasteiger charge is -2.20. The topological polar surface area (TPSA) is 76.5 Å². The maximum Gasteiger partial charge on any atom is 0.197 e. The van der Waals surface area contributed by atoms with E-state index in [-0.39, 0.29) is 23.9 Å². The van der Waals surface area contributed by atoms with E-state index in [1.807, 2.05) is 43.3 Å². The summed E-state index contributed by atoms with van der Waals surface area (Å²) < 4.78 is 4.98. The number of aromatic nitrogens is 1. The summed E-state index contributed by atoms with van der Waals surface area (Å²) in [5, 5.41) is 10.2. The largest absolute Gasteiger partial charge is 0.490 e. The molecule has 1 aliphatic rings. The van der Waals surface area contributed by atoms with Crippen LogP contribution in [0.3, 0.4) is 0 Å². The molecular weight excluding hydrogens is 362 g/mol. The molecule has 0 spiro atoms. The number of hydrogen-bond donors (Lipinski definition) is 1. The van der Waals surface area contributed by atoms with Gasteiger partial charge in [-0.1, -0.05) is 36.9 Å². The van der Waals surface area contributed by atoms with E-state index in [1.165, 1.54) is 0 Å². The molecule has 1 aromatic carbocycles. The molecule has 2 atom stereocenters. The molecule has 1 saturated heterocycles. The fourth-order valence-electron chi connectivity index (χ4n) is 2.99. The lowest BCUT2D eigenvalue weighted by Crippen LogP contribution is -2.29. The minimum Gasteiger partial charge on any atom is -0.490 e. The second-order valence-electron chi connectivity index (χ2n) is 6.90. The Kier molecular flexibility index (Phi) is 5.97. The number of aliphatic hydroxyl groups is 1. The van der Waals surface area contributed by atoms with Crippen molar-refractivity contribution in [2.24, 2.45) is 0 Å². The third-order valence-electron chi connectivity index (χ3n) is 4.70. The Morgan fingerprint density at radius 2 is 1.89 bits per heavy atom. The van der Waals surface area contributed by atoms with Crippen molar-refractivity contribution in [3.8, 4) is 5.75 Å². The molecule has 0 radical (unpaired) electrons. The lowest BCUT2D eigenvalue weighted by molar-refractivity contribution is -0.123. The van der Waals surface area contributed by atoms with Crippen LogP contribution in [0.25, 0.3) is 0 Å². The molecule has 2 heterocycles. The van der Waals surface area contributed by atoms with Gasteiger partial charge in [-0.25, -0.2) is 0 Å². The Bertz CT molecular complexity index is 819. The number of carbonyl (C=O) groups is 2. The monoisotopic (exact) mass is 385 g/mol. The maximum atomic E-state index is 12.0. The smallest absolute Gasteiger partial charge is 0.197 e. The van der Waals surface area contributed by atoms with Crippen LogP contribution < -0.4 is 4.74 Å². The maximum absolute atomic E-state index is 12.0. The molecule has 3 rings (SSSR count). The van der Waals surface area contributed by atoms with Crippen LogP contribution in [0.1, 0.15) is 43.2 Å². The van der Waals surface area contributed by atoms with Gasteiger partial charge in [0.15, 0.2) is 10.9 Å². The van der Waals surface area contributed by atoms with Gasteiger partial charge < -0.3 is 9.84 Å². The van der Waals surface area contributed by atoms with Gasteiger partial charge in [0.25, 0.3) is 0 Å². The molecule has 1 fully saturated rings. The number of carbonyl (C=O) groups excluding carboxylic acids is 2. The van der Waals surface area contributed by atoms with Crippen LogP contribution in [-0.4, -0.2) is 32.3 Å². The molecule has 27 heavy (non-hydrogen) atoms. The molecule has 5 nitrogen and oxygen atoms in total. The third-order valence-corrected chi connectivity index (χ3v) is 5.90. The molecule has 1 aliphatic heterocycles. The van der Waals surface area contributed by atoms with Crippen molar-refractivity contribution in [3.05, 3.63) is 59.4 Å². The second-order valence-corrected chi connectivity index (χ2v) is 8.46.